The molecule has 0 aliphatic heterocycles. The highest BCUT2D eigenvalue weighted by Gasteiger charge is 2.23. The van der Waals surface area contributed by atoms with Crippen LogP contribution in [0.3, 0.4) is 0 Å². The Labute approximate surface area is 232 Å². The molecule has 0 saturated carbocycles. The Balaban J connectivity index is 4.27. The molecule has 0 amide bonds. The van der Waals surface area contributed by atoms with Gasteiger partial charge in [0.2, 0.25) is 0 Å². The van der Waals surface area contributed by atoms with E-state index in [-0.39, 0.29) is 24.8 Å². The van der Waals surface area contributed by atoms with Gasteiger partial charge in [-0.1, -0.05) is 57.7 Å². The van der Waals surface area contributed by atoms with E-state index in [1.807, 2.05) is 13.8 Å². The number of rotatable bonds is 20. The molecule has 0 rings (SSSR count). The van der Waals surface area contributed by atoms with Crippen LogP contribution in [0, 0.1) is 0 Å². The summed E-state index contributed by atoms with van der Waals surface area (Å²) in [7, 11) is -2.54. The topological polar surface area (TPSA) is 69.7 Å². The monoisotopic (exact) mass is 545 g/mol. The third-order valence-electron chi connectivity index (χ3n) is 5.68. The van der Waals surface area contributed by atoms with Crippen LogP contribution >= 0.6 is 8.25 Å². The Bertz CT molecular complexity index is 876. The Hall–Kier alpha value is -2.20. The fourth-order valence-electron chi connectivity index (χ4n) is 3.52. The molecule has 212 valence electrons. The van der Waals surface area contributed by atoms with Crippen LogP contribution in [0.1, 0.15) is 107 Å². The molecule has 0 aromatic carbocycles. The molecule has 0 bridgehead atoms. The van der Waals surface area contributed by atoms with Crippen LogP contribution in [0.2, 0.25) is 0 Å². The van der Waals surface area contributed by atoms with Gasteiger partial charge in [-0.05, 0) is 119 Å². The summed E-state index contributed by atoms with van der Waals surface area (Å²) in [6, 6.07) is 0. The van der Waals surface area contributed by atoms with Gasteiger partial charge in [-0.25, -0.2) is 0 Å². The molecule has 0 fully saturated rings. The van der Waals surface area contributed by atoms with E-state index >= 15 is 0 Å². The highest BCUT2D eigenvalue weighted by atomic mass is 31.1. The molecule has 0 radical (unpaired) electrons. The summed E-state index contributed by atoms with van der Waals surface area (Å²) in [5, 5.41) is 0. The Morgan fingerprint density at radius 1 is 0.526 bits per heavy atom. The number of carbonyl (C=O) groups excluding carboxylic acids is 2. The Kier molecular flexibility index (Phi) is 20.4. The van der Waals surface area contributed by atoms with Crippen molar-refractivity contribution in [3.8, 4) is 0 Å². The average Bonchev–Trinajstić information content (AvgIpc) is 2.80. The van der Waals surface area contributed by atoms with Crippen LogP contribution in [-0.2, 0) is 23.2 Å². The lowest BCUT2D eigenvalue weighted by molar-refractivity contribution is -0.116. The lowest BCUT2D eigenvalue weighted by Crippen LogP contribution is -2.06. The number of ketones is 2. The van der Waals surface area contributed by atoms with Gasteiger partial charge in [-0.15, -0.1) is 9.05 Å². The first-order chi connectivity index (χ1) is 17.9. The smallest absolute Gasteiger partial charge is 0.292 e. The SMILES string of the molecule is CC(C)=CCCC(C)=CCCC(C)=CC(=O)CO[P+](=O)OCC(=O)C=C(C)CCC=C(C)CCC=C(C)C. The van der Waals surface area contributed by atoms with Gasteiger partial charge in [0.05, 0.1) is 0 Å². The summed E-state index contributed by atoms with van der Waals surface area (Å²) in [4.78, 5) is 24.2. The molecule has 0 atom stereocenters. The molecule has 0 saturated heterocycles. The van der Waals surface area contributed by atoms with E-state index in [4.69, 9.17) is 9.05 Å². The number of carbonyl (C=O) groups is 2. The van der Waals surface area contributed by atoms with Crippen molar-refractivity contribution in [3.05, 3.63) is 69.9 Å². The van der Waals surface area contributed by atoms with Crippen molar-refractivity contribution in [3.63, 3.8) is 0 Å². The second kappa shape index (κ2) is 21.7. The van der Waals surface area contributed by atoms with Gasteiger partial charge in [0.1, 0.15) is 0 Å². The zero-order chi connectivity index (χ0) is 28.9. The van der Waals surface area contributed by atoms with Crippen LogP contribution in [0.15, 0.2) is 69.9 Å². The van der Waals surface area contributed by atoms with E-state index in [1.165, 1.54) is 34.4 Å². The lowest BCUT2D eigenvalue weighted by Gasteiger charge is -2.01. The zero-order valence-corrected chi connectivity index (χ0v) is 25.9. The van der Waals surface area contributed by atoms with Gasteiger partial charge >= 0.3 is 8.25 Å². The van der Waals surface area contributed by atoms with Gasteiger partial charge in [-0.2, -0.15) is 0 Å². The van der Waals surface area contributed by atoms with Crippen LogP contribution in [0.4, 0.5) is 0 Å². The maximum atomic E-state index is 12.1. The van der Waals surface area contributed by atoms with Crippen molar-refractivity contribution in [2.24, 2.45) is 0 Å². The second-order valence-electron chi connectivity index (χ2n) is 10.5. The fourth-order valence-corrected chi connectivity index (χ4v) is 4.06. The first-order valence-electron chi connectivity index (χ1n) is 13.6. The first kappa shape index (κ1) is 35.8. The van der Waals surface area contributed by atoms with E-state index in [2.05, 4.69) is 65.8 Å². The fraction of sp³-hybridized carbons (Fsp3) is 0.562. The van der Waals surface area contributed by atoms with Crippen LogP contribution in [-0.4, -0.2) is 24.8 Å². The molecular formula is C32H50O5P+. The normalized spacial score (nSPS) is 13.3. The minimum Gasteiger partial charge on any atom is -0.292 e. The summed E-state index contributed by atoms with van der Waals surface area (Å²) in [5.41, 5.74) is 7.23. The van der Waals surface area contributed by atoms with E-state index in [0.717, 1.165) is 62.5 Å². The minimum atomic E-state index is -2.54. The maximum Gasteiger partial charge on any atom is 0.698 e. The lowest BCUT2D eigenvalue weighted by atomic mass is 10.1. The van der Waals surface area contributed by atoms with Crippen molar-refractivity contribution < 1.29 is 23.2 Å². The van der Waals surface area contributed by atoms with Crippen molar-refractivity contribution in [2.45, 2.75) is 107 Å². The largest absolute Gasteiger partial charge is 0.698 e. The number of allylic oxidation sites excluding steroid dienone is 10. The van der Waals surface area contributed by atoms with Gasteiger partial charge < -0.3 is 0 Å². The van der Waals surface area contributed by atoms with E-state index in [1.54, 1.807) is 0 Å². The molecule has 6 heteroatoms. The van der Waals surface area contributed by atoms with Gasteiger partial charge in [0.25, 0.3) is 0 Å². The van der Waals surface area contributed by atoms with Crippen molar-refractivity contribution in [1.29, 1.82) is 0 Å². The molecule has 0 N–H and O–H groups in total. The third-order valence-corrected chi connectivity index (χ3v) is 6.36. The second-order valence-corrected chi connectivity index (χ2v) is 11.5. The molecule has 0 aliphatic rings. The molecule has 0 aromatic rings. The predicted octanol–water partition coefficient (Wildman–Crippen LogP) is 9.65. The molecule has 38 heavy (non-hydrogen) atoms. The molecule has 0 heterocycles. The molecule has 0 aromatic heterocycles. The average molecular weight is 546 g/mol. The highest BCUT2D eigenvalue weighted by Crippen LogP contribution is 2.23. The Morgan fingerprint density at radius 3 is 1.18 bits per heavy atom. The van der Waals surface area contributed by atoms with Crippen LogP contribution in [0.25, 0.3) is 0 Å². The summed E-state index contributed by atoms with van der Waals surface area (Å²) in [6.07, 6.45) is 19.4. The van der Waals surface area contributed by atoms with Crippen molar-refractivity contribution in [1.82, 2.24) is 0 Å². The van der Waals surface area contributed by atoms with E-state index in [0.29, 0.717) is 0 Å². The van der Waals surface area contributed by atoms with Crippen molar-refractivity contribution in [2.75, 3.05) is 13.2 Å². The summed E-state index contributed by atoms with van der Waals surface area (Å²) < 4.78 is 21.9. The summed E-state index contributed by atoms with van der Waals surface area (Å²) in [6.45, 7) is 15.8. The maximum absolute atomic E-state index is 12.1. The summed E-state index contributed by atoms with van der Waals surface area (Å²) in [5.74, 6) is -0.546. The molecule has 0 unspecified atom stereocenters. The van der Waals surface area contributed by atoms with Gasteiger partial charge in [0, 0.05) is 4.57 Å². The molecule has 0 spiro atoms. The zero-order valence-electron chi connectivity index (χ0n) is 25.0. The molecule has 0 aliphatic carbocycles. The van der Waals surface area contributed by atoms with Crippen LogP contribution < -0.4 is 0 Å². The van der Waals surface area contributed by atoms with Crippen molar-refractivity contribution >= 4 is 19.8 Å². The minimum absolute atomic E-state index is 0.273. The Morgan fingerprint density at radius 2 is 0.842 bits per heavy atom. The molecule has 5 nitrogen and oxygen atoms in total. The van der Waals surface area contributed by atoms with Crippen LogP contribution in [0.5, 0.6) is 0 Å². The van der Waals surface area contributed by atoms with Gasteiger partial charge in [-0.3, -0.25) is 9.59 Å². The first-order valence-corrected chi connectivity index (χ1v) is 14.7. The molecular weight excluding hydrogens is 495 g/mol. The predicted molar refractivity (Wildman–Crippen MR) is 160 cm³/mol. The quantitative estimate of drug-likeness (QED) is 0.0865. The number of hydrogen-bond acceptors (Lipinski definition) is 5. The highest BCUT2D eigenvalue weighted by molar-refractivity contribution is 7.33. The standard InChI is InChI=1S/C32H50O5P/c1-25(2)13-9-15-27(5)17-11-19-29(7)21-31(33)23-36-38(35)37-24-32(34)22-30(8)20-12-18-28(6)16-10-14-26(3)4/h13-14,17-18,21-22H,9-12,15-16,19-20,23-24H2,1-8H3/q+1. The van der Waals surface area contributed by atoms with E-state index in [9.17, 15) is 14.2 Å². The van der Waals surface area contributed by atoms with Gasteiger partial charge in [0.15, 0.2) is 24.8 Å². The summed E-state index contributed by atoms with van der Waals surface area (Å²) >= 11 is 0. The van der Waals surface area contributed by atoms with E-state index < -0.39 is 8.25 Å². The third kappa shape index (κ3) is 23.0. The number of hydrogen-bond donors (Lipinski definition) is 0.